The van der Waals surface area contributed by atoms with Gasteiger partial charge in [0.25, 0.3) is 0 Å². The van der Waals surface area contributed by atoms with E-state index in [-0.39, 0.29) is 18.0 Å². The summed E-state index contributed by atoms with van der Waals surface area (Å²) in [5.74, 6) is 2.38. The average molecular weight is 351 g/mol. The second kappa shape index (κ2) is 7.61. The van der Waals surface area contributed by atoms with E-state index in [9.17, 15) is 4.79 Å². The number of carbonyl (C=O) groups is 1. The summed E-state index contributed by atoms with van der Waals surface area (Å²) in [6.45, 7) is 18.6. The van der Waals surface area contributed by atoms with Crippen LogP contribution in [0.4, 0.5) is 0 Å². The Bertz CT molecular complexity index is 465. The SMILES string of the molecule is CCC1CC(OC(=O)C2CC(CC)C(C)(C)CC2C)C(C)CC1(C)C. The van der Waals surface area contributed by atoms with Crippen LogP contribution in [0.25, 0.3) is 0 Å². The Labute approximate surface area is 156 Å². The van der Waals surface area contributed by atoms with Gasteiger partial charge in [-0.15, -0.1) is 0 Å². The summed E-state index contributed by atoms with van der Waals surface area (Å²) in [7, 11) is 0. The van der Waals surface area contributed by atoms with Crippen molar-refractivity contribution < 1.29 is 9.53 Å². The molecule has 2 aliphatic carbocycles. The summed E-state index contributed by atoms with van der Waals surface area (Å²) >= 11 is 0. The van der Waals surface area contributed by atoms with Crippen LogP contribution >= 0.6 is 0 Å². The van der Waals surface area contributed by atoms with Crippen molar-refractivity contribution in [2.75, 3.05) is 0 Å². The summed E-state index contributed by atoms with van der Waals surface area (Å²) in [6, 6.07) is 0. The summed E-state index contributed by atoms with van der Waals surface area (Å²) in [4.78, 5) is 13.0. The molecule has 0 saturated heterocycles. The molecule has 146 valence electrons. The molecule has 0 spiro atoms. The van der Waals surface area contributed by atoms with Crippen LogP contribution in [-0.2, 0) is 9.53 Å². The van der Waals surface area contributed by atoms with Crippen LogP contribution in [0, 0.1) is 40.4 Å². The molecule has 0 amide bonds. The monoisotopic (exact) mass is 350 g/mol. The van der Waals surface area contributed by atoms with E-state index in [0.717, 1.165) is 32.1 Å². The van der Waals surface area contributed by atoms with Crippen molar-refractivity contribution >= 4 is 5.97 Å². The lowest BCUT2D eigenvalue weighted by Crippen LogP contribution is -2.44. The second-order valence-corrected chi connectivity index (χ2v) is 10.6. The third-order valence-electron chi connectivity index (χ3n) is 7.84. The first kappa shape index (κ1) is 20.8. The Morgan fingerprint density at radius 2 is 1.36 bits per heavy atom. The van der Waals surface area contributed by atoms with Gasteiger partial charge in [-0.2, -0.15) is 0 Å². The molecule has 2 rings (SSSR count). The lowest BCUT2D eigenvalue weighted by atomic mass is 9.60. The molecule has 2 aliphatic rings. The fraction of sp³-hybridized carbons (Fsp3) is 0.957. The normalized spacial score (nSPS) is 40.5. The van der Waals surface area contributed by atoms with Crippen LogP contribution in [0.3, 0.4) is 0 Å². The van der Waals surface area contributed by atoms with Gasteiger partial charge < -0.3 is 4.74 Å². The van der Waals surface area contributed by atoms with Gasteiger partial charge in [0.15, 0.2) is 0 Å². The van der Waals surface area contributed by atoms with Crippen LogP contribution < -0.4 is 0 Å². The van der Waals surface area contributed by atoms with Crippen LogP contribution in [-0.4, -0.2) is 12.1 Å². The van der Waals surface area contributed by atoms with E-state index in [1.54, 1.807) is 0 Å². The van der Waals surface area contributed by atoms with Crippen molar-refractivity contribution in [2.45, 2.75) is 100 Å². The molecular formula is C23H42O2. The van der Waals surface area contributed by atoms with Gasteiger partial charge in [-0.05, 0) is 60.2 Å². The lowest BCUT2D eigenvalue weighted by Gasteiger charge is -2.47. The predicted octanol–water partition coefficient (Wildman–Crippen LogP) is 6.48. The smallest absolute Gasteiger partial charge is 0.309 e. The first-order valence-electron chi connectivity index (χ1n) is 10.7. The Hall–Kier alpha value is -0.530. The maximum Gasteiger partial charge on any atom is 0.309 e. The van der Waals surface area contributed by atoms with Gasteiger partial charge in [0.05, 0.1) is 5.92 Å². The minimum atomic E-state index is 0.0906. The van der Waals surface area contributed by atoms with Crippen molar-refractivity contribution in [1.29, 1.82) is 0 Å². The molecule has 0 heterocycles. The molecule has 6 atom stereocenters. The molecule has 0 aromatic carbocycles. The molecule has 2 nitrogen and oxygen atoms in total. The summed E-state index contributed by atoms with van der Waals surface area (Å²) in [6.07, 6.45) is 6.81. The van der Waals surface area contributed by atoms with Gasteiger partial charge in [0.1, 0.15) is 6.10 Å². The highest BCUT2D eigenvalue weighted by Crippen LogP contribution is 2.49. The highest BCUT2D eigenvalue weighted by molar-refractivity contribution is 5.73. The highest BCUT2D eigenvalue weighted by atomic mass is 16.5. The molecule has 0 N–H and O–H groups in total. The van der Waals surface area contributed by atoms with E-state index in [2.05, 4.69) is 55.4 Å². The predicted molar refractivity (Wildman–Crippen MR) is 105 cm³/mol. The van der Waals surface area contributed by atoms with E-state index in [1.807, 2.05) is 0 Å². The van der Waals surface area contributed by atoms with E-state index in [1.165, 1.54) is 6.42 Å². The fourth-order valence-electron chi connectivity index (χ4n) is 6.12. The minimum Gasteiger partial charge on any atom is -0.462 e. The third-order valence-corrected chi connectivity index (χ3v) is 7.84. The van der Waals surface area contributed by atoms with Gasteiger partial charge in [-0.3, -0.25) is 4.79 Å². The Balaban J connectivity index is 2.04. The molecule has 0 radical (unpaired) electrons. The molecule has 6 unspecified atom stereocenters. The molecule has 0 aromatic heterocycles. The van der Waals surface area contributed by atoms with E-state index in [0.29, 0.717) is 34.5 Å². The number of carbonyl (C=O) groups excluding carboxylic acids is 1. The topological polar surface area (TPSA) is 26.3 Å². The molecule has 2 heteroatoms. The zero-order valence-electron chi connectivity index (χ0n) is 18.0. The van der Waals surface area contributed by atoms with Gasteiger partial charge in [0, 0.05) is 0 Å². The molecule has 0 aliphatic heterocycles. The van der Waals surface area contributed by atoms with E-state index >= 15 is 0 Å². The van der Waals surface area contributed by atoms with Crippen molar-refractivity contribution in [3.8, 4) is 0 Å². The van der Waals surface area contributed by atoms with Gasteiger partial charge in [-0.25, -0.2) is 0 Å². The van der Waals surface area contributed by atoms with Crippen molar-refractivity contribution in [3.05, 3.63) is 0 Å². The highest BCUT2D eigenvalue weighted by Gasteiger charge is 2.45. The van der Waals surface area contributed by atoms with E-state index in [4.69, 9.17) is 4.74 Å². The molecule has 2 saturated carbocycles. The first-order chi connectivity index (χ1) is 11.5. The van der Waals surface area contributed by atoms with Crippen LogP contribution in [0.1, 0.15) is 93.9 Å². The fourth-order valence-corrected chi connectivity index (χ4v) is 6.12. The van der Waals surface area contributed by atoms with Crippen molar-refractivity contribution in [3.63, 3.8) is 0 Å². The molecule has 0 bridgehead atoms. The number of ether oxygens (including phenoxy) is 1. The zero-order valence-corrected chi connectivity index (χ0v) is 18.0. The molecule has 2 fully saturated rings. The van der Waals surface area contributed by atoms with Crippen LogP contribution in [0.15, 0.2) is 0 Å². The summed E-state index contributed by atoms with van der Waals surface area (Å²) in [5.41, 5.74) is 0.715. The van der Waals surface area contributed by atoms with Gasteiger partial charge in [-0.1, -0.05) is 68.2 Å². The van der Waals surface area contributed by atoms with Gasteiger partial charge in [0.2, 0.25) is 0 Å². The number of hydrogen-bond donors (Lipinski definition) is 0. The maximum absolute atomic E-state index is 13.0. The molecule has 25 heavy (non-hydrogen) atoms. The first-order valence-corrected chi connectivity index (χ1v) is 10.7. The standard InChI is InChI=1S/C23H42O2/c1-9-17-11-19(15(3)13-22(17,5)6)21(24)25-20-12-18(10-2)23(7,8)14-16(20)4/h15-20H,9-14H2,1-8H3. The van der Waals surface area contributed by atoms with Crippen LogP contribution in [0.5, 0.6) is 0 Å². The minimum absolute atomic E-state index is 0.0906. The number of rotatable bonds is 4. The van der Waals surface area contributed by atoms with Gasteiger partial charge >= 0.3 is 5.97 Å². The maximum atomic E-state index is 13.0. The Kier molecular flexibility index (Phi) is 6.32. The number of hydrogen-bond acceptors (Lipinski definition) is 2. The van der Waals surface area contributed by atoms with Crippen LogP contribution in [0.2, 0.25) is 0 Å². The van der Waals surface area contributed by atoms with Crippen molar-refractivity contribution in [2.24, 2.45) is 40.4 Å². The third kappa shape index (κ3) is 4.42. The zero-order chi connectivity index (χ0) is 19.0. The largest absolute Gasteiger partial charge is 0.462 e. The second-order valence-electron chi connectivity index (χ2n) is 10.6. The Morgan fingerprint density at radius 3 is 1.88 bits per heavy atom. The van der Waals surface area contributed by atoms with E-state index < -0.39 is 0 Å². The summed E-state index contributed by atoms with van der Waals surface area (Å²) in [5, 5.41) is 0. The van der Waals surface area contributed by atoms with Crippen molar-refractivity contribution in [1.82, 2.24) is 0 Å². The summed E-state index contributed by atoms with van der Waals surface area (Å²) < 4.78 is 6.16. The Morgan fingerprint density at radius 1 is 0.880 bits per heavy atom. The molecular weight excluding hydrogens is 308 g/mol. The quantitative estimate of drug-likeness (QED) is 0.542. The average Bonchev–Trinajstić information content (AvgIpc) is 2.48. The molecule has 0 aromatic rings. The lowest BCUT2D eigenvalue weighted by molar-refractivity contribution is -0.168. The number of esters is 1.